The number of nitro benzene ring substituents is 1. The molecule has 0 bridgehead atoms. The first kappa shape index (κ1) is 15.8. The number of hydrogen-bond acceptors (Lipinski definition) is 4. The van der Waals surface area contributed by atoms with Crippen molar-refractivity contribution in [3.63, 3.8) is 0 Å². The molecular weight excluding hydrogens is 310 g/mol. The second-order valence-electron chi connectivity index (χ2n) is 4.53. The molecule has 0 aliphatic heterocycles. The van der Waals surface area contributed by atoms with Crippen molar-refractivity contribution in [2.45, 2.75) is 12.5 Å². The number of nitro groups is 1. The van der Waals surface area contributed by atoms with E-state index in [1.807, 2.05) is 0 Å². The van der Waals surface area contributed by atoms with Gasteiger partial charge in [0.1, 0.15) is 5.75 Å². The summed E-state index contributed by atoms with van der Waals surface area (Å²) in [7, 11) is 0. The first-order chi connectivity index (χ1) is 10.5. The largest absolute Gasteiger partial charge is 0.478 e. The smallest absolute Gasteiger partial charge is 0.345 e. The first-order valence-corrected chi connectivity index (χ1v) is 6.72. The molecule has 0 aliphatic rings. The number of carbonyl (C=O) groups is 1. The van der Waals surface area contributed by atoms with Crippen LogP contribution in [-0.4, -0.2) is 22.1 Å². The van der Waals surface area contributed by atoms with Crippen LogP contribution in [0.1, 0.15) is 5.56 Å². The second-order valence-corrected chi connectivity index (χ2v) is 4.97. The maximum atomic E-state index is 11.3. The molecule has 2 aromatic carbocycles. The summed E-state index contributed by atoms with van der Waals surface area (Å²) in [5.74, 6) is -0.788. The van der Waals surface area contributed by atoms with Crippen LogP contribution in [0.4, 0.5) is 5.69 Å². The molecule has 0 amide bonds. The number of ether oxygens (including phenoxy) is 1. The Morgan fingerprint density at radius 3 is 2.55 bits per heavy atom. The molecule has 22 heavy (non-hydrogen) atoms. The van der Waals surface area contributed by atoms with E-state index in [2.05, 4.69) is 0 Å². The molecule has 2 aromatic rings. The average Bonchev–Trinajstić information content (AvgIpc) is 2.49. The van der Waals surface area contributed by atoms with Crippen molar-refractivity contribution < 1.29 is 19.6 Å². The monoisotopic (exact) mass is 321 g/mol. The molecule has 0 spiro atoms. The normalized spacial score (nSPS) is 11.7. The van der Waals surface area contributed by atoms with Crippen LogP contribution < -0.4 is 4.74 Å². The molecule has 0 aromatic heterocycles. The Kier molecular flexibility index (Phi) is 4.95. The highest BCUT2D eigenvalue weighted by Gasteiger charge is 2.21. The summed E-state index contributed by atoms with van der Waals surface area (Å²) in [6.07, 6.45) is -1.14. The van der Waals surface area contributed by atoms with Gasteiger partial charge in [-0.1, -0.05) is 23.7 Å². The zero-order valence-electron chi connectivity index (χ0n) is 11.3. The topological polar surface area (TPSA) is 89.7 Å². The van der Waals surface area contributed by atoms with Crippen molar-refractivity contribution >= 4 is 23.3 Å². The molecule has 0 aliphatic carbocycles. The van der Waals surface area contributed by atoms with Crippen LogP contribution in [0.5, 0.6) is 5.75 Å². The number of carboxylic acids is 1. The van der Waals surface area contributed by atoms with Crippen molar-refractivity contribution in [3.8, 4) is 5.75 Å². The minimum atomic E-state index is -1.15. The number of aliphatic carboxylic acids is 1. The van der Waals surface area contributed by atoms with Gasteiger partial charge in [-0.25, -0.2) is 4.79 Å². The lowest BCUT2D eigenvalue weighted by Crippen LogP contribution is -2.29. The van der Waals surface area contributed by atoms with Gasteiger partial charge in [0, 0.05) is 23.6 Å². The third kappa shape index (κ3) is 4.20. The summed E-state index contributed by atoms with van der Waals surface area (Å²) in [6, 6.07) is 12.1. The average molecular weight is 322 g/mol. The van der Waals surface area contributed by atoms with Crippen LogP contribution in [0.2, 0.25) is 5.02 Å². The lowest BCUT2D eigenvalue weighted by atomic mass is 10.1. The first-order valence-electron chi connectivity index (χ1n) is 6.34. The number of non-ortho nitro benzene ring substituents is 1. The van der Waals surface area contributed by atoms with Crippen LogP contribution in [0.3, 0.4) is 0 Å². The molecule has 1 unspecified atom stereocenters. The highest BCUT2D eigenvalue weighted by Crippen LogP contribution is 2.20. The summed E-state index contributed by atoms with van der Waals surface area (Å²) in [5, 5.41) is 20.5. The SMILES string of the molecule is O=C(O)C(Cc1cccc([N+](=O)[O-])c1)Oc1ccc(Cl)cc1. The van der Waals surface area contributed by atoms with Crippen molar-refractivity contribution in [3.05, 3.63) is 69.2 Å². The van der Waals surface area contributed by atoms with Gasteiger partial charge in [0.05, 0.1) is 4.92 Å². The third-order valence-corrected chi connectivity index (χ3v) is 3.16. The van der Waals surface area contributed by atoms with E-state index < -0.39 is 17.0 Å². The summed E-state index contributed by atoms with van der Waals surface area (Å²) < 4.78 is 5.41. The summed E-state index contributed by atoms with van der Waals surface area (Å²) >= 11 is 5.75. The predicted molar refractivity (Wildman–Crippen MR) is 80.3 cm³/mol. The van der Waals surface area contributed by atoms with E-state index >= 15 is 0 Å². The molecule has 0 heterocycles. The number of carboxylic acid groups (broad SMARTS) is 1. The Bertz CT molecular complexity index is 687. The van der Waals surface area contributed by atoms with Crippen LogP contribution >= 0.6 is 11.6 Å². The van der Waals surface area contributed by atoms with Crippen molar-refractivity contribution in [1.82, 2.24) is 0 Å². The third-order valence-electron chi connectivity index (χ3n) is 2.91. The van der Waals surface area contributed by atoms with E-state index in [1.165, 1.54) is 18.2 Å². The standard InChI is InChI=1S/C15H12ClNO5/c16-11-4-6-13(7-5-11)22-14(15(18)19)9-10-2-1-3-12(8-10)17(20)21/h1-8,14H,9H2,(H,18,19). The Balaban J connectivity index is 2.15. The van der Waals surface area contributed by atoms with Gasteiger partial charge in [-0.15, -0.1) is 0 Å². The van der Waals surface area contributed by atoms with Crippen molar-refractivity contribution in [2.24, 2.45) is 0 Å². The lowest BCUT2D eigenvalue weighted by molar-refractivity contribution is -0.384. The molecule has 7 heteroatoms. The van der Waals surface area contributed by atoms with Gasteiger partial charge in [-0.3, -0.25) is 10.1 Å². The molecule has 0 saturated carbocycles. The van der Waals surface area contributed by atoms with Crippen molar-refractivity contribution in [2.75, 3.05) is 0 Å². The van der Waals surface area contributed by atoms with Gasteiger partial charge >= 0.3 is 5.97 Å². The van der Waals surface area contributed by atoms with Gasteiger partial charge in [0.15, 0.2) is 6.10 Å². The minimum absolute atomic E-state index is 0.0135. The number of rotatable bonds is 6. The Morgan fingerprint density at radius 2 is 1.95 bits per heavy atom. The highest BCUT2D eigenvalue weighted by molar-refractivity contribution is 6.30. The number of benzene rings is 2. The summed E-state index contributed by atoms with van der Waals surface area (Å²) in [6.45, 7) is 0. The van der Waals surface area contributed by atoms with Gasteiger partial charge < -0.3 is 9.84 Å². The van der Waals surface area contributed by atoms with E-state index in [1.54, 1.807) is 30.3 Å². The van der Waals surface area contributed by atoms with Crippen LogP contribution in [0.25, 0.3) is 0 Å². The van der Waals surface area contributed by atoms with Gasteiger partial charge in [0.2, 0.25) is 0 Å². The van der Waals surface area contributed by atoms with Crippen molar-refractivity contribution in [1.29, 1.82) is 0 Å². The maximum Gasteiger partial charge on any atom is 0.345 e. The fourth-order valence-electron chi connectivity index (χ4n) is 1.87. The fourth-order valence-corrected chi connectivity index (χ4v) is 1.99. The van der Waals surface area contributed by atoms with E-state index in [4.69, 9.17) is 16.3 Å². The maximum absolute atomic E-state index is 11.3. The summed E-state index contributed by atoms with van der Waals surface area (Å²) in [5.41, 5.74) is 0.420. The molecule has 0 fully saturated rings. The number of nitrogens with zero attached hydrogens (tertiary/aromatic N) is 1. The van der Waals surface area contributed by atoms with E-state index in [0.717, 1.165) is 0 Å². The molecule has 1 N–H and O–H groups in total. The zero-order valence-corrected chi connectivity index (χ0v) is 12.1. The molecule has 0 radical (unpaired) electrons. The van der Waals surface area contributed by atoms with Crippen LogP contribution in [-0.2, 0) is 11.2 Å². The number of hydrogen-bond donors (Lipinski definition) is 1. The quantitative estimate of drug-likeness (QED) is 0.651. The second kappa shape index (κ2) is 6.91. The molecule has 1 atom stereocenters. The van der Waals surface area contributed by atoms with Gasteiger partial charge in [-0.2, -0.15) is 0 Å². The lowest BCUT2D eigenvalue weighted by Gasteiger charge is -2.15. The van der Waals surface area contributed by atoms with E-state index in [9.17, 15) is 20.0 Å². The summed E-state index contributed by atoms with van der Waals surface area (Å²) in [4.78, 5) is 21.5. The van der Waals surface area contributed by atoms with Crippen LogP contribution in [0, 0.1) is 10.1 Å². The zero-order chi connectivity index (χ0) is 16.1. The van der Waals surface area contributed by atoms with Crippen LogP contribution in [0.15, 0.2) is 48.5 Å². The van der Waals surface area contributed by atoms with E-state index in [-0.39, 0.29) is 12.1 Å². The van der Waals surface area contributed by atoms with Gasteiger partial charge in [0.25, 0.3) is 5.69 Å². The molecule has 6 nitrogen and oxygen atoms in total. The minimum Gasteiger partial charge on any atom is -0.478 e. The Morgan fingerprint density at radius 1 is 1.27 bits per heavy atom. The number of halogens is 1. The fraction of sp³-hybridized carbons (Fsp3) is 0.133. The highest BCUT2D eigenvalue weighted by atomic mass is 35.5. The van der Waals surface area contributed by atoms with E-state index in [0.29, 0.717) is 16.3 Å². The molecule has 114 valence electrons. The molecular formula is C15H12ClNO5. The Labute approximate surface area is 131 Å². The Hall–Kier alpha value is -2.60. The predicted octanol–water partition coefficient (Wildman–Crippen LogP) is 3.32. The van der Waals surface area contributed by atoms with Gasteiger partial charge in [-0.05, 0) is 29.8 Å². The molecule has 2 rings (SSSR count). The molecule has 0 saturated heterocycles.